The molecule has 13 rings (SSSR count). The zero-order chi connectivity index (χ0) is 46.7. The molecule has 0 unspecified atom stereocenters. The molecule has 0 aliphatic rings. The van der Waals surface area contributed by atoms with Gasteiger partial charge < -0.3 is 13.6 Å². The van der Waals surface area contributed by atoms with Crippen molar-refractivity contribution in [3.63, 3.8) is 0 Å². The van der Waals surface area contributed by atoms with E-state index in [-0.39, 0.29) is 36.3 Å². The molecule has 6 heteroatoms. The summed E-state index contributed by atoms with van der Waals surface area (Å²) in [7, 11) is 0. The van der Waals surface area contributed by atoms with E-state index >= 15 is 0 Å². The van der Waals surface area contributed by atoms with Crippen LogP contribution < -0.4 is 0 Å². The van der Waals surface area contributed by atoms with Gasteiger partial charge in [0.1, 0.15) is 11.2 Å². The van der Waals surface area contributed by atoms with Crippen molar-refractivity contribution in [2.45, 2.75) is 0 Å². The van der Waals surface area contributed by atoms with Crippen LogP contribution in [0.1, 0.15) is 8.22 Å². The molecule has 0 saturated carbocycles. The molecule has 4 heterocycles. The number of fused-ring (bicyclic) bond motifs is 10. The van der Waals surface area contributed by atoms with E-state index in [1.807, 2.05) is 167 Å². The maximum Gasteiger partial charge on any atom is 0.166 e. The highest BCUT2D eigenvalue weighted by Gasteiger charge is 2.24. The molecule has 9 aromatic carbocycles. The fraction of sp³-hybridized carbons (Fsp3) is 0. The number of rotatable bonds is 6. The third-order valence-electron chi connectivity index (χ3n) is 11.9. The van der Waals surface area contributed by atoms with Crippen LogP contribution in [0.15, 0.2) is 217 Å². The van der Waals surface area contributed by atoms with Crippen LogP contribution in [-0.2, 0) is 0 Å². The highest BCUT2D eigenvalue weighted by Crippen LogP contribution is 2.45. The SMILES string of the molecule is [2H]c1cc([2H])c2c(c1[2H])c1c3c4c([2H])c([2H])cc([2H])c4n(-c4cc(-c5cccc6c5oc5ccccc56)ccc4-c4nc(-c5ccccc5)nc(-c5ccccc5)n4)c3ccc1n2-c1ccccc1. The summed E-state index contributed by atoms with van der Waals surface area (Å²) >= 11 is 0. The van der Waals surface area contributed by atoms with Crippen molar-refractivity contribution >= 4 is 65.6 Å². The Labute approximate surface area is 370 Å². The molecule has 0 bridgehead atoms. The first-order valence-electron chi connectivity index (χ1n) is 23.7. The number of hydrogen-bond acceptors (Lipinski definition) is 4. The molecular weight excluding hydrogens is 771 g/mol. The van der Waals surface area contributed by atoms with Crippen molar-refractivity contribution in [3.8, 4) is 56.7 Å². The molecule has 0 saturated heterocycles. The number of para-hydroxylation sites is 5. The zero-order valence-corrected chi connectivity index (χ0v) is 33.4. The predicted molar refractivity (Wildman–Crippen MR) is 258 cm³/mol. The van der Waals surface area contributed by atoms with Gasteiger partial charge in [0.25, 0.3) is 0 Å². The van der Waals surface area contributed by atoms with Gasteiger partial charge in [-0.3, -0.25) is 0 Å². The average molecular weight is 812 g/mol. The second-order valence-corrected chi connectivity index (χ2v) is 15.5. The van der Waals surface area contributed by atoms with E-state index in [2.05, 4.69) is 6.07 Å². The molecule has 13 aromatic rings. The van der Waals surface area contributed by atoms with Crippen LogP contribution in [0.2, 0.25) is 0 Å². The summed E-state index contributed by atoms with van der Waals surface area (Å²) < 4.78 is 66.5. The molecule has 0 aliphatic carbocycles. The van der Waals surface area contributed by atoms with Gasteiger partial charge in [-0.05, 0) is 60.1 Å². The van der Waals surface area contributed by atoms with E-state index in [4.69, 9.17) is 22.1 Å². The summed E-state index contributed by atoms with van der Waals surface area (Å²) in [5.74, 6) is 1.30. The number of aromatic nitrogens is 5. The minimum absolute atomic E-state index is 0.0111. The Morgan fingerprint density at radius 3 is 1.65 bits per heavy atom. The maximum atomic E-state index is 9.72. The van der Waals surface area contributed by atoms with Gasteiger partial charge in [-0.15, -0.1) is 0 Å². The Balaban J connectivity index is 1.21. The lowest BCUT2D eigenvalue weighted by molar-refractivity contribution is 0.670. The molecule has 0 atom stereocenters. The smallest absolute Gasteiger partial charge is 0.166 e. The van der Waals surface area contributed by atoms with Gasteiger partial charge in [0.15, 0.2) is 17.5 Å². The lowest BCUT2D eigenvalue weighted by atomic mass is 9.99. The van der Waals surface area contributed by atoms with E-state index in [0.29, 0.717) is 77.9 Å². The highest BCUT2D eigenvalue weighted by molar-refractivity contribution is 6.29. The molecule has 0 amide bonds. The van der Waals surface area contributed by atoms with Crippen molar-refractivity contribution in [1.82, 2.24) is 24.1 Å². The Hall–Kier alpha value is -8.61. The predicted octanol–water partition coefficient (Wildman–Crippen LogP) is 14.6. The Kier molecular flexibility index (Phi) is 6.56. The third kappa shape index (κ3) is 5.48. The lowest BCUT2D eigenvalue weighted by Crippen LogP contribution is -2.04. The molecule has 4 aromatic heterocycles. The van der Waals surface area contributed by atoms with Gasteiger partial charge in [0.05, 0.1) is 36.0 Å². The van der Waals surface area contributed by atoms with Crippen LogP contribution in [0.4, 0.5) is 0 Å². The van der Waals surface area contributed by atoms with E-state index in [9.17, 15) is 5.48 Å². The van der Waals surface area contributed by atoms with Crippen LogP contribution in [-0.4, -0.2) is 24.1 Å². The zero-order valence-electron chi connectivity index (χ0n) is 39.4. The average Bonchev–Trinajstić information content (AvgIpc) is 4.07. The van der Waals surface area contributed by atoms with Crippen molar-refractivity contribution in [1.29, 1.82) is 0 Å². The van der Waals surface area contributed by atoms with Crippen LogP contribution in [0.3, 0.4) is 0 Å². The first-order valence-corrected chi connectivity index (χ1v) is 20.7. The van der Waals surface area contributed by atoms with Crippen molar-refractivity contribution in [2.24, 2.45) is 0 Å². The van der Waals surface area contributed by atoms with Crippen molar-refractivity contribution < 1.29 is 12.6 Å². The number of nitrogens with zero attached hydrogens (tertiary/aromatic N) is 5. The third-order valence-corrected chi connectivity index (χ3v) is 11.9. The van der Waals surface area contributed by atoms with Crippen molar-refractivity contribution in [3.05, 3.63) is 212 Å². The molecule has 0 radical (unpaired) electrons. The Bertz CT molecular complexity index is 4210. The summed E-state index contributed by atoms with van der Waals surface area (Å²) in [6.45, 7) is 0. The van der Waals surface area contributed by atoms with Gasteiger partial charge in [-0.2, -0.15) is 0 Å². The van der Waals surface area contributed by atoms with Gasteiger partial charge in [-0.1, -0.05) is 158 Å². The number of benzene rings is 9. The maximum absolute atomic E-state index is 9.72. The highest BCUT2D eigenvalue weighted by atomic mass is 16.3. The van der Waals surface area contributed by atoms with Gasteiger partial charge in [0.2, 0.25) is 0 Å². The summed E-state index contributed by atoms with van der Waals surface area (Å²) in [6, 6.07) is 55.6. The van der Waals surface area contributed by atoms with E-state index < -0.39 is 0 Å². The minimum Gasteiger partial charge on any atom is -0.455 e. The van der Waals surface area contributed by atoms with Crippen LogP contribution >= 0.6 is 0 Å². The minimum atomic E-state index is -0.133. The standard InChI is InChI=1S/C57H35N5O/c1-4-17-36(18-5-1)55-58-56(37-19-6-2-7-20-37)60-57(59-55)45-32-31-38(40-26-16-27-42-41-23-12-15-30-51(41)63-54(40)42)35-50(45)62-47-29-14-11-25-44(47)53-49(62)34-33-48-52(53)43-24-10-13-28-46(43)61(48)39-21-8-3-9-22-39/h1-35H/i10D,11D,24D,25D,28D,29D. The summed E-state index contributed by atoms with van der Waals surface area (Å²) in [5.41, 5.74) is 8.68. The molecule has 0 N–H and O–H groups in total. The van der Waals surface area contributed by atoms with Crippen LogP contribution in [0.5, 0.6) is 0 Å². The number of furan rings is 1. The van der Waals surface area contributed by atoms with Gasteiger partial charge >= 0.3 is 0 Å². The first kappa shape index (κ1) is 29.6. The summed E-state index contributed by atoms with van der Waals surface area (Å²) in [5, 5.41) is 3.73. The summed E-state index contributed by atoms with van der Waals surface area (Å²) in [6.07, 6.45) is 0. The molecular formula is C57H35N5O. The Morgan fingerprint density at radius 1 is 0.397 bits per heavy atom. The molecule has 63 heavy (non-hydrogen) atoms. The molecule has 0 spiro atoms. The topological polar surface area (TPSA) is 61.7 Å². The Morgan fingerprint density at radius 2 is 0.968 bits per heavy atom. The molecule has 294 valence electrons. The fourth-order valence-electron chi connectivity index (χ4n) is 9.18. The lowest BCUT2D eigenvalue weighted by Gasteiger charge is -2.16. The van der Waals surface area contributed by atoms with Crippen LogP contribution in [0.25, 0.3) is 122 Å². The van der Waals surface area contributed by atoms with E-state index in [0.717, 1.165) is 44.3 Å². The monoisotopic (exact) mass is 811 g/mol. The van der Waals surface area contributed by atoms with Gasteiger partial charge in [0, 0.05) is 60.3 Å². The largest absolute Gasteiger partial charge is 0.455 e. The number of hydrogen-bond donors (Lipinski definition) is 0. The second kappa shape index (κ2) is 14.0. The van der Waals surface area contributed by atoms with Crippen LogP contribution in [0, 0.1) is 0 Å². The normalized spacial score (nSPS) is 13.1. The van der Waals surface area contributed by atoms with Crippen molar-refractivity contribution in [2.75, 3.05) is 0 Å². The van der Waals surface area contributed by atoms with E-state index in [1.54, 1.807) is 0 Å². The summed E-state index contributed by atoms with van der Waals surface area (Å²) in [4.78, 5) is 15.4. The van der Waals surface area contributed by atoms with Gasteiger partial charge in [-0.25, -0.2) is 15.0 Å². The first-order chi connectivity index (χ1) is 33.7. The van der Waals surface area contributed by atoms with E-state index in [1.165, 1.54) is 12.1 Å². The molecule has 6 nitrogen and oxygen atoms in total. The molecule has 0 aliphatic heterocycles. The fourth-order valence-corrected chi connectivity index (χ4v) is 9.18. The quantitative estimate of drug-likeness (QED) is 0.168. The second-order valence-electron chi connectivity index (χ2n) is 15.5. The molecule has 0 fully saturated rings.